The molecule has 0 aromatic heterocycles. The Morgan fingerprint density at radius 1 is 1.54 bits per heavy atom. The zero-order valence-electron chi connectivity index (χ0n) is 7.53. The van der Waals surface area contributed by atoms with E-state index in [2.05, 4.69) is 5.32 Å². The van der Waals surface area contributed by atoms with Crippen molar-refractivity contribution in [3.63, 3.8) is 0 Å². The minimum absolute atomic E-state index is 0.256. The standard InChI is InChI=1S/C8H15NO2S2/c10-13-4-2-11-6-8(13)7-5-9-1-3-12-7/h7-9H,1-6H2. The van der Waals surface area contributed by atoms with Crippen LogP contribution in [0.4, 0.5) is 0 Å². The lowest BCUT2D eigenvalue weighted by molar-refractivity contribution is 0.136. The van der Waals surface area contributed by atoms with E-state index in [0.717, 1.165) is 24.6 Å². The molecular formula is C8H15NO2S2. The average molecular weight is 221 g/mol. The lowest BCUT2D eigenvalue weighted by atomic mass is 10.3. The van der Waals surface area contributed by atoms with Crippen molar-refractivity contribution >= 4 is 22.9 Å². The summed E-state index contributed by atoms with van der Waals surface area (Å²) < 4.78 is 17.1. The number of rotatable bonds is 1. The van der Waals surface area contributed by atoms with Crippen molar-refractivity contribution in [3.05, 3.63) is 0 Å². The van der Waals surface area contributed by atoms with Crippen molar-refractivity contribution in [1.29, 1.82) is 0 Å². The quantitative estimate of drug-likeness (QED) is 0.625. The Bertz CT molecular complexity index is 164. The van der Waals surface area contributed by atoms with Gasteiger partial charge in [0.05, 0.1) is 18.5 Å². The monoisotopic (exact) mass is 221 g/mol. The minimum Gasteiger partial charge on any atom is -0.616 e. The van der Waals surface area contributed by atoms with Crippen LogP contribution in [0.3, 0.4) is 0 Å². The van der Waals surface area contributed by atoms with E-state index in [1.807, 2.05) is 11.8 Å². The molecule has 0 saturated carbocycles. The molecular weight excluding hydrogens is 206 g/mol. The van der Waals surface area contributed by atoms with Crippen LogP contribution in [0, 0.1) is 0 Å². The van der Waals surface area contributed by atoms with Gasteiger partial charge in [-0.15, -0.1) is 0 Å². The molecule has 2 fully saturated rings. The molecule has 2 aliphatic rings. The van der Waals surface area contributed by atoms with Gasteiger partial charge in [-0.2, -0.15) is 11.8 Å². The third-order valence-electron chi connectivity index (χ3n) is 2.42. The van der Waals surface area contributed by atoms with Crippen molar-refractivity contribution in [2.75, 3.05) is 37.8 Å². The summed E-state index contributed by atoms with van der Waals surface area (Å²) in [5.41, 5.74) is 0. The first kappa shape index (κ1) is 10.1. The molecule has 3 unspecified atom stereocenters. The summed E-state index contributed by atoms with van der Waals surface area (Å²) in [7, 11) is 0. The summed E-state index contributed by atoms with van der Waals surface area (Å²) in [5.74, 6) is 1.86. The van der Waals surface area contributed by atoms with Gasteiger partial charge in [0, 0.05) is 18.8 Å². The van der Waals surface area contributed by atoms with Crippen LogP contribution in [0.1, 0.15) is 0 Å². The Morgan fingerprint density at radius 3 is 3.15 bits per heavy atom. The highest BCUT2D eigenvalue weighted by molar-refractivity contribution is 8.01. The molecule has 0 bridgehead atoms. The summed E-state index contributed by atoms with van der Waals surface area (Å²) >= 11 is 1.28. The number of nitrogens with one attached hydrogen (secondary N) is 1. The molecule has 2 saturated heterocycles. The van der Waals surface area contributed by atoms with Crippen molar-refractivity contribution < 1.29 is 9.29 Å². The average Bonchev–Trinajstić information content (AvgIpc) is 2.20. The fourth-order valence-corrected chi connectivity index (χ4v) is 4.64. The lowest BCUT2D eigenvalue weighted by Crippen LogP contribution is -2.49. The molecule has 3 atom stereocenters. The molecule has 1 N–H and O–H groups in total. The Morgan fingerprint density at radius 2 is 2.46 bits per heavy atom. The van der Waals surface area contributed by atoms with Gasteiger partial charge in [-0.05, 0) is 11.2 Å². The van der Waals surface area contributed by atoms with Crippen molar-refractivity contribution in [2.24, 2.45) is 0 Å². The Balaban J connectivity index is 1.88. The number of thioether (sulfide) groups is 1. The normalized spacial score (nSPS) is 41.8. The maximum absolute atomic E-state index is 11.7. The summed E-state index contributed by atoms with van der Waals surface area (Å²) in [4.78, 5) is 0. The van der Waals surface area contributed by atoms with Gasteiger partial charge in [0.25, 0.3) is 0 Å². The number of ether oxygens (including phenoxy) is 1. The lowest BCUT2D eigenvalue weighted by Gasteiger charge is -2.33. The van der Waals surface area contributed by atoms with Crippen LogP contribution >= 0.6 is 11.8 Å². The van der Waals surface area contributed by atoms with E-state index in [9.17, 15) is 4.55 Å². The molecule has 13 heavy (non-hydrogen) atoms. The van der Waals surface area contributed by atoms with Crippen molar-refractivity contribution in [2.45, 2.75) is 10.5 Å². The van der Waals surface area contributed by atoms with E-state index in [1.165, 1.54) is 0 Å². The van der Waals surface area contributed by atoms with E-state index < -0.39 is 11.2 Å². The molecule has 2 heterocycles. The first-order valence-corrected chi connectivity index (χ1v) is 7.08. The second-order valence-electron chi connectivity index (χ2n) is 3.31. The molecule has 0 amide bonds. The summed E-state index contributed by atoms with van der Waals surface area (Å²) in [6.07, 6.45) is 0. The largest absolute Gasteiger partial charge is 0.616 e. The Hall–Kier alpha value is 0.580. The maximum atomic E-state index is 11.7. The van der Waals surface area contributed by atoms with Crippen LogP contribution in [0.2, 0.25) is 0 Å². The molecule has 5 heteroatoms. The summed E-state index contributed by atoms with van der Waals surface area (Å²) in [6, 6.07) is 0. The van der Waals surface area contributed by atoms with E-state index in [0.29, 0.717) is 18.5 Å². The van der Waals surface area contributed by atoms with Gasteiger partial charge in [-0.25, -0.2) is 0 Å². The third kappa shape index (κ3) is 2.53. The SMILES string of the molecule is [O-][S+]1CCOCC1C1CNCCS1. The number of hydrogen-bond donors (Lipinski definition) is 1. The molecule has 0 radical (unpaired) electrons. The van der Waals surface area contributed by atoms with Crippen LogP contribution in [-0.4, -0.2) is 52.9 Å². The van der Waals surface area contributed by atoms with Crippen LogP contribution < -0.4 is 5.32 Å². The predicted octanol–water partition coefficient (Wildman–Crippen LogP) is -0.161. The third-order valence-corrected chi connectivity index (χ3v) is 5.66. The van der Waals surface area contributed by atoms with Gasteiger partial charge in [0.2, 0.25) is 0 Å². The zero-order chi connectivity index (χ0) is 9.10. The first-order valence-electron chi connectivity index (χ1n) is 4.65. The predicted molar refractivity (Wildman–Crippen MR) is 56.7 cm³/mol. The van der Waals surface area contributed by atoms with E-state index in [4.69, 9.17) is 4.74 Å². The zero-order valence-corrected chi connectivity index (χ0v) is 9.16. The molecule has 0 aromatic carbocycles. The van der Waals surface area contributed by atoms with Gasteiger partial charge >= 0.3 is 0 Å². The molecule has 0 spiro atoms. The number of hydrogen-bond acceptors (Lipinski definition) is 4. The second-order valence-corrected chi connectivity index (χ2v) is 6.43. The second kappa shape index (κ2) is 4.89. The molecule has 0 aliphatic carbocycles. The fraction of sp³-hybridized carbons (Fsp3) is 1.00. The first-order chi connectivity index (χ1) is 6.38. The summed E-state index contributed by atoms with van der Waals surface area (Å²) in [6.45, 7) is 3.44. The molecule has 0 aromatic rings. The molecule has 2 rings (SSSR count). The highest BCUT2D eigenvalue weighted by Gasteiger charge is 2.35. The molecule has 2 aliphatic heterocycles. The van der Waals surface area contributed by atoms with Gasteiger partial charge in [0.1, 0.15) is 5.75 Å². The fourth-order valence-electron chi connectivity index (χ4n) is 1.67. The minimum atomic E-state index is -0.661. The highest BCUT2D eigenvalue weighted by atomic mass is 32.2. The van der Waals surface area contributed by atoms with Crippen LogP contribution in [-0.2, 0) is 15.9 Å². The smallest absolute Gasteiger partial charge is 0.151 e. The Kier molecular flexibility index (Phi) is 3.80. The van der Waals surface area contributed by atoms with Crippen LogP contribution in [0.25, 0.3) is 0 Å². The van der Waals surface area contributed by atoms with Crippen LogP contribution in [0.5, 0.6) is 0 Å². The van der Waals surface area contributed by atoms with Gasteiger partial charge in [0.15, 0.2) is 5.25 Å². The highest BCUT2D eigenvalue weighted by Crippen LogP contribution is 2.24. The van der Waals surface area contributed by atoms with Crippen molar-refractivity contribution in [1.82, 2.24) is 5.32 Å². The van der Waals surface area contributed by atoms with E-state index >= 15 is 0 Å². The van der Waals surface area contributed by atoms with Gasteiger partial charge in [-0.3, -0.25) is 0 Å². The van der Waals surface area contributed by atoms with Gasteiger partial charge < -0.3 is 14.6 Å². The van der Waals surface area contributed by atoms with Crippen molar-refractivity contribution in [3.8, 4) is 0 Å². The van der Waals surface area contributed by atoms with Gasteiger partial charge in [-0.1, -0.05) is 0 Å². The van der Waals surface area contributed by atoms with Crippen LogP contribution in [0.15, 0.2) is 0 Å². The Labute approximate surface area is 86.2 Å². The van der Waals surface area contributed by atoms with E-state index in [1.54, 1.807) is 0 Å². The molecule has 76 valence electrons. The summed E-state index contributed by atoms with van der Waals surface area (Å²) in [5, 5.41) is 4.09. The van der Waals surface area contributed by atoms with E-state index in [-0.39, 0.29) is 5.25 Å². The topological polar surface area (TPSA) is 44.3 Å². The maximum Gasteiger partial charge on any atom is 0.151 e. The molecule has 3 nitrogen and oxygen atoms in total.